The highest BCUT2D eigenvalue weighted by atomic mass is 19.1. The first-order valence-corrected chi connectivity index (χ1v) is 15.1. The van der Waals surface area contributed by atoms with Gasteiger partial charge in [0.2, 0.25) is 0 Å². The molecule has 6 aromatic rings. The van der Waals surface area contributed by atoms with Crippen LogP contribution in [-0.2, 0) is 9.59 Å². The Kier molecular flexibility index (Phi) is 18.9. The summed E-state index contributed by atoms with van der Waals surface area (Å²) in [6, 6.07) is 38.3. The third-order valence-electron chi connectivity index (χ3n) is 6.79. The highest BCUT2D eigenvalue weighted by molar-refractivity contribution is 6.09. The highest BCUT2D eigenvalue weighted by Gasteiger charge is 2.10. The molecule has 0 aliphatic heterocycles. The summed E-state index contributed by atoms with van der Waals surface area (Å²) >= 11 is 0. The number of phenolic OH excluding ortho intramolecular Hbond substituents is 2. The van der Waals surface area contributed by atoms with Gasteiger partial charge in [0.05, 0.1) is 7.11 Å². The lowest BCUT2D eigenvalue weighted by molar-refractivity contribution is -0.191. The maximum absolute atomic E-state index is 12.6. The van der Waals surface area contributed by atoms with Crippen molar-refractivity contribution in [2.75, 3.05) is 7.11 Å². The minimum atomic E-state index is -0.393. The van der Waals surface area contributed by atoms with Gasteiger partial charge in [0.25, 0.3) is 0 Å². The molecule has 6 aromatic carbocycles. The van der Waals surface area contributed by atoms with Crippen molar-refractivity contribution in [1.29, 1.82) is 0 Å². The van der Waals surface area contributed by atoms with Crippen LogP contribution in [0.2, 0.25) is 0 Å². The van der Waals surface area contributed by atoms with E-state index in [4.69, 9.17) is 29.3 Å². The lowest BCUT2D eigenvalue weighted by Gasteiger charge is -2.07. The van der Waals surface area contributed by atoms with Crippen LogP contribution >= 0.6 is 0 Å². The molecule has 0 aliphatic rings. The van der Waals surface area contributed by atoms with E-state index >= 15 is 0 Å². The van der Waals surface area contributed by atoms with Crippen molar-refractivity contribution >= 4 is 17.7 Å². The maximum atomic E-state index is 12.6. The predicted octanol–water partition coefficient (Wildman–Crippen LogP) is 8.55. The molecule has 0 fully saturated rings. The van der Waals surface area contributed by atoms with Crippen molar-refractivity contribution in [2.24, 2.45) is 0 Å². The normalized spacial score (nSPS) is 9.21. The molecule has 11 heteroatoms. The lowest BCUT2D eigenvalue weighted by atomic mass is 10.0. The third-order valence-corrected chi connectivity index (χ3v) is 6.79. The van der Waals surface area contributed by atoms with E-state index in [1.807, 2.05) is 55.5 Å². The van der Waals surface area contributed by atoms with E-state index < -0.39 is 11.6 Å². The summed E-state index contributed by atoms with van der Waals surface area (Å²) in [6.07, 6.45) is 0.250. The van der Waals surface area contributed by atoms with Crippen molar-refractivity contribution in [2.45, 2.75) is 14.4 Å². The van der Waals surface area contributed by atoms with Gasteiger partial charge in [-0.05, 0) is 128 Å². The second kappa shape index (κ2) is 22.7. The Hall–Kier alpha value is -6.94. The molecule has 0 heterocycles. The Bertz CT molecular complexity index is 1940. The fourth-order valence-corrected chi connectivity index (χ4v) is 4.15. The summed E-state index contributed by atoms with van der Waals surface area (Å²) in [5, 5.41) is 17.3. The number of rotatable bonds is 7. The Labute approximate surface area is 305 Å². The summed E-state index contributed by atoms with van der Waals surface area (Å²) in [4.78, 5) is 40.5. The molecule has 0 saturated carbocycles. The minimum Gasteiger partial charge on any atom is -0.508 e. The molecule has 0 saturated heterocycles. The Morgan fingerprint density at radius 3 is 1.09 bits per heavy atom. The smallest absolute Gasteiger partial charge is 0.373 e. The molecule has 0 unspecified atom stereocenters. The minimum absolute atomic E-state index is 0. The van der Waals surface area contributed by atoms with Crippen molar-refractivity contribution in [3.8, 4) is 28.7 Å². The quantitative estimate of drug-likeness (QED) is 0.122. The molecule has 53 heavy (non-hydrogen) atoms. The van der Waals surface area contributed by atoms with Crippen LogP contribution < -0.4 is 9.47 Å². The maximum Gasteiger partial charge on any atom is 0.373 e. The van der Waals surface area contributed by atoms with Gasteiger partial charge < -0.3 is 25.2 Å². The van der Waals surface area contributed by atoms with Crippen LogP contribution in [0.4, 0.5) is 8.78 Å². The van der Waals surface area contributed by atoms with Crippen LogP contribution in [0.15, 0.2) is 146 Å². The summed E-state index contributed by atoms with van der Waals surface area (Å²) in [5.41, 5.74) is 3.22. The number of methoxy groups -OCH3 is 1. The van der Waals surface area contributed by atoms with Crippen molar-refractivity contribution in [3.63, 3.8) is 0 Å². The molecule has 0 radical (unpaired) electrons. The van der Waals surface area contributed by atoms with Crippen LogP contribution in [0.3, 0.4) is 0 Å². The van der Waals surface area contributed by atoms with E-state index in [0.29, 0.717) is 33.8 Å². The molecule has 0 aliphatic carbocycles. The number of ether oxygens (including phenoxy) is 2. The summed E-state index contributed by atoms with van der Waals surface area (Å²) in [6.45, 7) is 2.00. The Morgan fingerprint density at radius 2 is 0.774 bits per heavy atom. The zero-order valence-corrected chi connectivity index (χ0v) is 28.0. The number of phenols is 2. The van der Waals surface area contributed by atoms with Gasteiger partial charge in [0.15, 0.2) is 11.6 Å². The van der Waals surface area contributed by atoms with Gasteiger partial charge in [-0.25, -0.2) is 8.78 Å². The van der Waals surface area contributed by atoms with Gasteiger partial charge >= 0.3 is 6.15 Å². The summed E-state index contributed by atoms with van der Waals surface area (Å²) < 4.78 is 36.2. The molecule has 0 atom stereocenters. The van der Waals surface area contributed by atoms with E-state index in [1.165, 1.54) is 72.8 Å². The topological polar surface area (TPSA) is 159 Å². The van der Waals surface area contributed by atoms with Gasteiger partial charge in [0.1, 0.15) is 40.4 Å². The second-order valence-electron chi connectivity index (χ2n) is 10.4. The molecule has 0 amide bonds. The fraction of sp³-hybridized carbons (Fsp3) is 0.0714. The second-order valence-corrected chi connectivity index (χ2v) is 10.4. The number of benzene rings is 6. The standard InChI is InChI=1S/C21H18O3.C13H8F2O.C6H6O2.CO2.CH4.H2O/c1-15-3-5-16(6-4-15)21(22)17-7-9-19(10-8-17)24-20-13-11-18(23-2)12-14-20;14-11-5-1-9(2-6-11)13(16)10-3-7-12(15)8-4-10;7-5-1-2-6(8)4-3-5;2-1-3;;/h3-14H,1-2H3;1-8H;1-4,7-8H;;1H4;1H2. The first-order valence-electron chi connectivity index (χ1n) is 15.1. The molecule has 274 valence electrons. The molecule has 0 bridgehead atoms. The number of ketones is 2. The number of carbonyl (C=O) groups excluding carboxylic acids is 4. The SMILES string of the molecule is C.COc1ccc(Oc2ccc(C(=O)c3ccc(C)cc3)cc2)cc1.O.O=C(c1ccc(F)cc1)c1ccc(F)cc1.O=C=O.Oc1ccc(O)cc1. The molecule has 9 nitrogen and oxygen atoms in total. The largest absolute Gasteiger partial charge is 0.508 e. The number of hydrogen-bond acceptors (Lipinski definition) is 8. The van der Waals surface area contributed by atoms with E-state index in [1.54, 1.807) is 31.4 Å². The number of halogens is 2. The van der Waals surface area contributed by atoms with Crippen LogP contribution in [0, 0.1) is 18.6 Å². The fourth-order valence-electron chi connectivity index (χ4n) is 4.15. The first kappa shape index (κ1) is 44.1. The highest BCUT2D eigenvalue weighted by Crippen LogP contribution is 2.24. The third kappa shape index (κ3) is 14.8. The zero-order valence-electron chi connectivity index (χ0n) is 28.0. The van der Waals surface area contributed by atoms with Crippen LogP contribution in [0.5, 0.6) is 28.7 Å². The van der Waals surface area contributed by atoms with Crippen molar-refractivity contribution in [3.05, 3.63) is 185 Å². The average molecular weight is 725 g/mol. The number of carbonyl (C=O) groups is 2. The van der Waals surface area contributed by atoms with Gasteiger partial charge in [0, 0.05) is 22.3 Å². The Morgan fingerprint density at radius 1 is 0.509 bits per heavy atom. The van der Waals surface area contributed by atoms with Gasteiger partial charge in [-0.1, -0.05) is 37.3 Å². The monoisotopic (exact) mass is 724 g/mol. The van der Waals surface area contributed by atoms with Gasteiger partial charge in [-0.2, -0.15) is 9.59 Å². The molecular formula is C42H38F2O9. The summed E-state index contributed by atoms with van der Waals surface area (Å²) in [7, 11) is 1.62. The van der Waals surface area contributed by atoms with Crippen molar-refractivity contribution < 1.29 is 53.1 Å². The van der Waals surface area contributed by atoms with E-state index in [9.17, 15) is 18.4 Å². The molecule has 0 spiro atoms. The number of aryl methyl sites for hydroxylation is 1. The van der Waals surface area contributed by atoms with Crippen LogP contribution in [0.1, 0.15) is 44.8 Å². The van der Waals surface area contributed by atoms with Crippen LogP contribution in [-0.4, -0.2) is 40.5 Å². The van der Waals surface area contributed by atoms with E-state index in [0.717, 1.165) is 11.3 Å². The zero-order chi connectivity index (χ0) is 37.2. The summed E-state index contributed by atoms with van der Waals surface area (Å²) in [5.74, 6) is 1.48. The molecular weight excluding hydrogens is 686 g/mol. The molecule has 0 aromatic heterocycles. The van der Waals surface area contributed by atoms with Gasteiger partial charge in [-0.3, -0.25) is 9.59 Å². The molecule has 6 rings (SSSR count). The Balaban J connectivity index is 0.000000417. The van der Waals surface area contributed by atoms with Crippen molar-refractivity contribution in [1.82, 2.24) is 0 Å². The molecule has 4 N–H and O–H groups in total. The van der Waals surface area contributed by atoms with E-state index in [-0.39, 0.29) is 42.1 Å². The number of hydrogen-bond donors (Lipinski definition) is 2. The van der Waals surface area contributed by atoms with E-state index in [2.05, 4.69) is 0 Å². The predicted molar refractivity (Wildman–Crippen MR) is 195 cm³/mol. The lowest BCUT2D eigenvalue weighted by Crippen LogP contribution is -2.01. The van der Waals surface area contributed by atoms with Gasteiger partial charge in [-0.15, -0.1) is 0 Å². The first-order chi connectivity index (χ1) is 24.5. The number of aromatic hydroxyl groups is 2. The average Bonchev–Trinajstić information content (AvgIpc) is 3.15. The van der Waals surface area contributed by atoms with Crippen LogP contribution in [0.25, 0.3) is 0 Å².